The number of hydrogen-bond donors (Lipinski definition) is 2. The fourth-order valence-corrected chi connectivity index (χ4v) is 9.64. The van der Waals surface area contributed by atoms with Crippen LogP contribution >= 0.6 is 0 Å². The van der Waals surface area contributed by atoms with Crippen LogP contribution in [0.1, 0.15) is 83.1 Å². The zero-order chi connectivity index (χ0) is 41.9. The van der Waals surface area contributed by atoms with Crippen molar-refractivity contribution in [2.45, 2.75) is 49.7 Å². The van der Waals surface area contributed by atoms with Crippen molar-refractivity contribution in [1.29, 1.82) is 0 Å². The summed E-state index contributed by atoms with van der Waals surface area (Å²) in [6.45, 7) is 3.62. The standard InChI is InChI=1S/C52H46O8/c1-31(33-17-7-3-8-18-33)59-52(58)48-43(36-23-13-6-14-24-36)46(50(55)56)44(48)40-28-16-27-39(30-40)38-26-15-25-37(29-38)32(2)60-51(57)47-41(34-19-9-4-10-20-34)45(49(53)54)42(47)35-21-11-5-12-22-35/h3-32,41-48H,1-2H3,(H,53,54)(H,55,56)/t31-,32-,41-,42-,43+,44+,45?,46-,47?,48+/m0/s1. The molecule has 0 saturated heterocycles. The average Bonchev–Trinajstić information content (AvgIpc) is 3.24. The Hall–Kier alpha value is -6.80. The Morgan fingerprint density at radius 2 is 0.733 bits per heavy atom. The minimum Gasteiger partial charge on any atom is -0.481 e. The first-order valence-corrected chi connectivity index (χ1v) is 20.4. The molecular formula is C52H46O8. The Morgan fingerprint density at radius 1 is 0.400 bits per heavy atom. The number of benzene rings is 6. The molecule has 0 bridgehead atoms. The molecule has 302 valence electrons. The predicted octanol–water partition coefficient (Wildman–Crippen LogP) is 10.4. The van der Waals surface area contributed by atoms with E-state index in [2.05, 4.69) is 0 Å². The van der Waals surface area contributed by atoms with Gasteiger partial charge in [-0.15, -0.1) is 0 Å². The fraction of sp³-hybridized carbons (Fsp3) is 0.231. The second-order valence-electron chi connectivity index (χ2n) is 15.9. The average molecular weight is 799 g/mol. The number of carbonyl (C=O) groups is 4. The first-order chi connectivity index (χ1) is 29.1. The second-order valence-corrected chi connectivity index (χ2v) is 15.9. The van der Waals surface area contributed by atoms with Crippen LogP contribution in [0.15, 0.2) is 170 Å². The quantitative estimate of drug-likeness (QED) is 0.111. The lowest BCUT2D eigenvalue weighted by Gasteiger charge is -2.49. The number of carboxylic acid groups (broad SMARTS) is 2. The van der Waals surface area contributed by atoms with Gasteiger partial charge in [0.1, 0.15) is 12.2 Å². The third kappa shape index (κ3) is 7.73. The highest BCUT2D eigenvalue weighted by Gasteiger charge is 2.60. The van der Waals surface area contributed by atoms with Crippen molar-refractivity contribution in [2.75, 3.05) is 0 Å². The van der Waals surface area contributed by atoms with E-state index in [1.54, 1.807) is 6.92 Å². The van der Waals surface area contributed by atoms with Crippen LogP contribution in [0.25, 0.3) is 11.1 Å². The van der Waals surface area contributed by atoms with E-state index in [1.807, 2.05) is 177 Å². The van der Waals surface area contributed by atoms with E-state index in [9.17, 15) is 29.4 Å². The molecule has 8 nitrogen and oxygen atoms in total. The van der Waals surface area contributed by atoms with E-state index in [-0.39, 0.29) is 0 Å². The SMILES string of the molecule is C[C@H](OC(=O)C1[C@@H](c2ccccc2)C(C(=O)O)[C@@H]1c1ccccc1)c1cccc(-c2cccc([C@@H]3[C@@H](C(=O)O)[C@@H](c4ccccc4)[C@H]3C(=O)O[C@@H](C)c3ccccc3)c2)c1. The zero-order valence-corrected chi connectivity index (χ0v) is 33.3. The maximum atomic E-state index is 14.2. The Morgan fingerprint density at radius 3 is 1.17 bits per heavy atom. The molecule has 2 aliphatic carbocycles. The summed E-state index contributed by atoms with van der Waals surface area (Å²) in [6.07, 6.45) is -1.20. The number of ether oxygens (including phenoxy) is 2. The molecule has 8 atom stereocenters. The Balaban J connectivity index is 1.06. The van der Waals surface area contributed by atoms with Crippen LogP contribution in [0, 0.1) is 23.7 Å². The van der Waals surface area contributed by atoms with Gasteiger partial charge < -0.3 is 19.7 Å². The van der Waals surface area contributed by atoms with E-state index < -0.39 is 83.4 Å². The first kappa shape index (κ1) is 40.0. The van der Waals surface area contributed by atoms with E-state index >= 15 is 0 Å². The summed E-state index contributed by atoms with van der Waals surface area (Å²) in [7, 11) is 0. The third-order valence-electron chi connectivity index (χ3n) is 12.6. The van der Waals surface area contributed by atoms with Crippen LogP contribution < -0.4 is 0 Å². The Bertz CT molecular complexity index is 2420. The van der Waals surface area contributed by atoms with Gasteiger partial charge in [0.2, 0.25) is 0 Å². The first-order valence-electron chi connectivity index (χ1n) is 20.4. The highest BCUT2D eigenvalue weighted by molar-refractivity contribution is 5.86. The van der Waals surface area contributed by atoms with Crippen molar-refractivity contribution in [3.05, 3.63) is 203 Å². The maximum absolute atomic E-state index is 14.2. The summed E-state index contributed by atoms with van der Waals surface area (Å²) in [6, 6.07) is 52.6. The van der Waals surface area contributed by atoms with Gasteiger partial charge in [-0.2, -0.15) is 0 Å². The molecule has 0 unspecified atom stereocenters. The summed E-state index contributed by atoms with van der Waals surface area (Å²) in [4.78, 5) is 54.1. The van der Waals surface area contributed by atoms with Crippen molar-refractivity contribution in [2.24, 2.45) is 23.7 Å². The lowest BCUT2D eigenvalue weighted by Crippen LogP contribution is -2.51. The fourth-order valence-electron chi connectivity index (χ4n) is 9.64. The van der Waals surface area contributed by atoms with Crippen molar-refractivity contribution in [3.63, 3.8) is 0 Å². The summed E-state index contributed by atoms with van der Waals surface area (Å²) >= 11 is 0. The lowest BCUT2D eigenvalue weighted by atomic mass is 9.52. The van der Waals surface area contributed by atoms with Crippen LogP contribution in [0.2, 0.25) is 0 Å². The Kier molecular flexibility index (Phi) is 11.5. The molecule has 60 heavy (non-hydrogen) atoms. The van der Waals surface area contributed by atoms with Gasteiger partial charge in [0.15, 0.2) is 0 Å². The largest absolute Gasteiger partial charge is 0.481 e. The van der Waals surface area contributed by atoms with Gasteiger partial charge in [0, 0.05) is 23.7 Å². The predicted molar refractivity (Wildman–Crippen MR) is 227 cm³/mol. The van der Waals surface area contributed by atoms with Crippen LogP contribution in [0.4, 0.5) is 0 Å². The smallest absolute Gasteiger partial charge is 0.310 e. The molecule has 0 amide bonds. The Labute approximate surface area is 349 Å². The normalized spacial score (nSPS) is 24.1. The van der Waals surface area contributed by atoms with Gasteiger partial charge in [-0.05, 0) is 64.4 Å². The molecule has 2 saturated carbocycles. The van der Waals surface area contributed by atoms with E-state index in [0.717, 1.165) is 38.9 Å². The minimum atomic E-state index is -0.984. The van der Waals surface area contributed by atoms with Crippen molar-refractivity contribution >= 4 is 23.9 Å². The molecular weight excluding hydrogens is 753 g/mol. The van der Waals surface area contributed by atoms with Crippen LogP contribution in [0.3, 0.4) is 0 Å². The highest BCUT2D eigenvalue weighted by atomic mass is 16.5. The van der Waals surface area contributed by atoms with Gasteiger partial charge in [0.25, 0.3) is 0 Å². The van der Waals surface area contributed by atoms with Crippen molar-refractivity contribution in [1.82, 2.24) is 0 Å². The molecule has 0 aromatic heterocycles. The summed E-state index contributed by atoms with van der Waals surface area (Å²) in [5.41, 5.74) is 6.25. The number of aliphatic carboxylic acids is 2. The van der Waals surface area contributed by atoms with Gasteiger partial charge >= 0.3 is 23.9 Å². The summed E-state index contributed by atoms with van der Waals surface area (Å²) in [5.74, 6) is -8.34. The molecule has 2 aliphatic rings. The van der Waals surface area contributed by atoms with Gasteiger partial charge in [0.05, 0.1) is 23.7 Å². The molecule has 0 heterocycles. The van der Waals surface area contributed by atoms with Gasteiger partial charge in [-0.3, -0.25) is 19.2 Å². The minimum absolute atomic E-state index is 0.448. The number of carboxylic acids is 2. The van der Waals surface area contributed by atoms with Crippen LogP contribution in [0.5, 0.6) is 0 Å². The van der Waals surface area contributed by atoms with Crippen molar-refractivity contribution in [3.8, 4) is 11.1 Å². The zero-order valence-electron chi connectivity index (χ0n) is 33.3. The number of carbonyl (C=O) groups excluding carboxylic acids is 2. The van der Waals surface area contributed by atoms with E-state index in [1.165, 1.54) is 0 Å². The molecule has 8 rings (SSSR count). The molecule has 0 aliphatic heterocycles. The maximum Gasteiger partial charge on any atom is 0.310 e. The van der Waals surface area contributed by atoms with Gasteiger partial charge in [-0.25, -0.2) is 0 Å². The topological polar surface area (TPSA) is 127 Å². The molecule has 6 aromatic carbocycles. The molecule has 8 heteroatoms. The lowest BCUT2D eigenvalue weighted by molar-refractivity contribution is -0.169. The number of esters is 2. The van der Waals surface area contributed by atoms with E-state index in [0.29, 0.717) is 5.56 Å². The molecule has 2 N–H and O–H groups in total. The molecule has 0 spiro atoms. The summed E-state index contributed by atoms with van der Waals surface area (Å²) in [5, 5.41) is 21.0. The number of rotatable bonds is 13. The van der Waals surface area contributed by atoms with E-state index in [4.69, 9.17) is 9.47 Å². The molecule has 2 fully saturated rings. The number of hydrogen-bond acceptors (Lipinski definition) is 6. The van der Waals surface area contributed by atoms with Crippen molar-refractivity contribution < 1.29 is 38.9 Å². The second kappa shape index (κ2) is 17.2. The third-order valence-corrected chi connectivity index (χ3v) is 12.6. The van der Waals surface area contributed by atoms with Crippen LogP contribution in [-0.4, -0.2) is 34.1 Å². The van der Waals surface area contributed by atoms with Gasteiger partial charge in [-0.1, -0.05) is 164 Å². The molecule has 0 radical (unpaired) electrons. The summed E-state index contributed by atoms with van der Waals surface area (Å²) < 4.78 is 12.3. The van der Waals surface area contributed by atoms with Crippen LogP contribution in [-0.2, 0) is 28.7 Å². The molecule has 6 aromatic rings. The highest BCUT2D eigenvalue weighted by Crippen LogP contribution is 2.60. The monoisotopic (exact) mass is 798 g/mol.